The Kier molecular flexibility index (Phi) is 4.92. The van der Waals surface area contributed by atoms with E-state index in [9.17, 15) is 0 Å². The summed E-state index contributed by atoms with van der Waals surface area (Å²) in [6.45, 7) is 2.12. The van der Waals surface area contributed by atoms with Gasteiger partial charge in [0, 0.05) is 29.0 Å². The van der Waals surface area contributed by atoms with E-state index in [-0.39, 0.29) is 0 Å². The van der Waals surface area contributed by atoms with Crippen LogP contribution in [0.15, 0.2) is 84.0 Å². The molecule has 1 atom stereocenters. The van der Waals surface area contributed by atoms with Crippen molar-refractivity contribution in [2.24, 2.45) is 0 Å². The molecule has 0 bridgehead atoms. The fourth-order valence-electron chi connectivity index (χ4n) is 2.48. The molecule has 0 N–H and O–H groups in total. The van der Waals surface area contributed by atoms with E-state index in [2.05, 4.69) is 78.6 Å². The SMILES string of the molecule is Cc1ccc(SCC(c2ccccc2)c2ccncc2)cc1. The standard InChI is InChI=1S/C20H19NS/c1-16-7-9-19(10-8-16)22-15-20(17-5-3-2-4-6-17)18-11-13-21-14-12-18/h2-14,20H,15H2,1H3. The van der Waals surface area contributed by atoms with Crippen molar-refractivity contribution in [3.8, 4) is 0 Å². The van der Waals surface area contributed by atoms with E-state index in [4.69, 9.17) is 0 Å². The summed E-state index contributed by atoms with van der Waals surface area (Å²) in [6, 6.07) is 23.7. The van der Waals surface area contributed by atoms with Crippen LogP contribution in [0.2, 0.25) is 0 Å². The lowest BCUT2D eigenvalue weighted by Gasteiger charge is -2.17. The number of aryl methyl sites for hydroxylation is 1. The maximum Gasteiger partial charge on any atom is 0.0270 e. The van der Waals surface area contributed by atoms with Crippen LogP contribution in [0.1, 0.15) is 22.6 Å². The summed E-state index contributed by atoms with van der Waals surface area (Å²) in [5, 5.41) is 0. The van der Waals surface area contributed by atoms with Crippen LogP contribution < -0.4 is 0 Å². The van der Waals surface area contributed by atoms with E-state index < -0.39 is 0 Å². The first-order chi connectivity index (χ1) is 10.8. The highest BCUT2D eigenvalue weighted by atomic mass is 32.2. The van der Waals surface area contributed by atoms with Crippen molar-refractivity contribution in [2.75, 3.05) is 5.75 Å². The van der Waals surface area contributed by atoms with Crippen LogP contribution in [0, 0.1) is 6.92 Å². The zero-order chi connectivity index (χ0) is 15.2. The van der Waals surface area contributed by atoms with E-state index in [0.717, 1.165) is 5.75 Å². The van der Waals surface area contributed by atoms with E-state index >= 15 is 0 Å². The molecule has 3 rings (SSSR count). The molecule has 0 saturated carbocycles. The first-order valence-electron chi connectivity index (χ1n) is 7.47. The minimum Gasteiger partial charge on any atom is -0.265 e. The van der Waals surface area contributed by atoms with E-state index in [1.165, 1.54) is 21.6 Å². The lowest BCUT2D eigenvalue weighted by Crippen LogP contribution is -2.04. The molecule has 0 aliphatic heterocycles. The number of aromatic nitrogens is 1. The second-order valence-corrected chi connectivity index (χ2v) is 6.46. The van der Waals surface area contributed by atoms with Crippen molar-refractivity contribution < 1.29 is 0 Å². The van der Waals surface area contributed by atoms with Gasteiger partial charge in [0.15, 0.2) is 0 Å². The molecule has 22 heavy (non-hydrogen) atoms. The fraction of sp³-hybridized carbons (Fsp3) is 0.150. The van der Waals surface area contributed by atoms with Gasteiger partial charge in [0.2, 0.25) is 0 Å². The van der Waals surface area contributed by atoms with Crippen molar-refractivity contribution in [2.45, 2.75) is 17.7 Å². The van der Waals surface area contributed by atoms with Gasteiger partial charge in [-0.15, -0.1) is 11.8 Å². The predicted octanol–water partition coefficient (Wildman–Crippen LogP) is 5.31. The zero-order valence-corrected chi connectivity index (χ0v) is 13.5. The van der Waals surface area contributed by atoms with Crippen molar-refractivity contribution in [3.05, 3.63) is 95.8 Å². The molecule has 1 heterocycles. The average molecular weight is 305 g/mol. The molecular formula is C20H19NS. The van der Waals surface area contributed by atoms with Gasteiger partial charge in [-0.25, -0.2) is 0 Å². The Morgan fingerprint density at radius 2 is 1.45 bits per heavy atom. The first-order valence-corrected chi connectivity index (χ1v) is 8.46. The van der Waals surface area contributed by atoms with Gasteiger partial charge in [0.1, 0.15) is 0 Å². The quantitative estimate of drug-likeness (QED) is 0.592. The molecule has 1 unspecified atom stereocenters. The number of hydrogen-bond acceptors (Lipinski definition) is 2. The smallest absolute Gasteiger partial charge is 0.0270 e. The maximum atomic E-state index is 4.14. The number of pyridine rings is 1. The molecule has 0 spiro atoms. The zero-order valence-electron chi connectivity index (χ0n) is 12.6. The topological polar surface area (TPSA) is 12.9 Å². The molecule has 0 aliphatic carbocycles. The Hall–Kier alpha value is -2.06. The summed E-state index contributed by atoms with van der Waals surface area (Å²) in [5.74, 6) is 1.41. The number of rotatable bonds is 5. The summed E-state index contributed by atoms with van der Waals surface area (Å²) < 4.78 is 0. The van der Waals surface area contributed by atoms with Gasteiger partial charge in [-0.1, -0.05) is 48.0 Å². The third-order valence-electron chi connectivity index (χ3n) is 3.75. The molecule has 0 aliphatic rings. The maximum absolute atomic E-state index is 4.14. The molecular weight excluding hydrogens is 286 g/mol. The summed E-state index contributed by atoms with van der Waals surface area (Å²) in [5.41, 5.74) is 3.98. The van der Waals surface area contributed by atoms with Crippen molar-refractivity contribution in [1.29, 1.82) is 0 Å². The van der Waals surface area contributed by atoms with Crippen LogP contribution in [0.3, 0.4) is 0 Å². The van der Waals surface area contributed by atoms with Crippen LogP contribution in [0.4, 0.5) is 0 Å². The molecule has 2 heteroatoms. The van der Waals surface area contributed by atoms with Gasteiger partial charge in [-0.3, -0.25) is 4.98 Å². The summed E-state index contributed by atoms with van der Waals surface area (Å²) in [6.07, 6.45) is 3.75. The predicted molar refractivity (Wildman–Crippen MR) is 94.4 cm³/mol. The van der Waals surface area contributed by atoms with Crippen LogP contribution in [-0.2, 0) is 0 Å². The second-order valence-electron chi connectivity index (χ2n) is 5.37. The normalized spacial score (nSPS) is 12.0. The molecule has 1 nitrogen and oxygen atoms in total. The van der Waals surface area contributed by atoms with E-state index in [0.29, 0.717) is 5.92 Å². The van der Waals surface area contributed by atoms with Gasteiger partial charge in [-0.05, 0) is 42.3 Å². The largest absolute Gasteiger partial charge is 0.265 e. The van der Waals surface area contributed by atoms with Crippen LogP contribution in [0.5, 0.6) is 0 Å². The third-order valence-corrected chi connectivity index (χ3v) is 4.85. The Labute approximate surface area is 136 Å². The summed E-state index contributed by atoms with van der Waals surface area (Å²) in [7, 11) is 0. The molecule has 110 valence electrons. The van der Waals surface area contributed by atoms with Gasteiger partial charge in [0.05, 0.1) is 0 Å². The highest BCUT2D eigenvalue weighted by Crippen LogP contribution is 2.31. The number of thioether (sulfide) groups is 1. The van der Waals surface area contributed by atoms with Crippen LogP contribution in [0.25, 0.3) is 0 Å². The van der Waals surface area contributed by atoms with Crippen molar-refractivity contribution in [1.82, 2.24) is 4.98 Å². The van der Waals surface area contributed by atoms with Gasteiger partial charge >= 0.3 is 0 Å². The summed E-state index contributed by atoms with van der Waals surface area (Å²) in [4.78, 5) is 5.46. The van der Waals surface area contributed by atoms with Crippen molar-refractivity contribution in [3.63, 3.8) is 0 Å². The van der Waals surface area contributed by atoms with Gasteiger partial charge < -0.3 is 0 Å². The number of nitrogens with zero attached hydrogens (tertiary/aromatic N) is 1. The minimum absolute atomic E-state index is 0.385. The Morgan fingerprint density at radius 3 is 2.14 bits per heavy atom. The highest BCUT2D eigenvalue weighted by Gasteiger charge is 2.14. The van der Waals surface area contributed by atoms with E-state index in [1.807, 2.05) is 24.2 Å². The molecule has 3 aromatic rings. The third kappa shape index (κ3) is 3.77. The van der Waals surface area contributed by atoms with Gasteiger partial charge in [0.25, 0.3) is 0 Å². The Bertz CT molecular complexity index is 653. The monoisotopic (exact) mass is 305 g/mol. The first kappa shape index (κ1) is 14.9. The van der Waals surface area contributed by atoms with Gasteiger partial charge in [-0.2, -0.15) is 0 Å². The van der Waals surface area contributed by atoms with Crippen LogP contribution in [-0.4, -0.2) is 10.7 Å². The lowest BCUT2D eigenvalue weighted by molar-refractivity contribution is 0.931. The van der Waals surface area contributed by atoms with Crippen LogP contribution >= 0.6 is 11.8 Å². The second kappa shape index (κ2) is 7.28. The average Bonchev–Trinajstić information content (AvgIpc) is 2.59. The lowest BCUT2D eigenvalue weighted by atomic mass is 9.94. The Balaban J connectivity index is 1.81. The van der Waals surface area contributed by atoms with Crippen molar-refractivity contribution >= 4 is 11.8 Å². The summed E-state index contributed by atoms with van der Waals surface area (Å²) >= 11 is 1.91. The molecule has 0 fully saturated rings. The Morgan fingerprint density at radius 1 is 0.818 bits per heavy atom. The molecule has 0 saturated heterocycles. The molecule has 2 aromatic carbocycles. The number of benzene rings is 2. The van der Waals surface area contributed by atoms with E-state index in [1.54, 1.807) is 0 Å². The number of hydrogen-bond donors (Lipinski definition) is 0. The minimum atomic E-state index is 0.385. The molecule has 0 radical (unpaired) electrons. The fourth-order valence-corrected chi connectivity index (χ4v) is 3.55. The highest BCUT2D eigenvalue weighted by molar-refractivity contribution is 7.99. The molecule has 0 amide bonds. The molecule has 1 aromatic heterocycles.